The molecular formula is C20H23F3N6O2. The molecule has 0 spiro atoms. The highest BCUT2D eigenvalue weighted by Crippen LogP contribution is 2.35. The molecular weight excluding hydrogens is 413 g/mol. The van der Waals surface area contributed by atoms with Crippen molar-refractivity contribution in [2.75, 3.05) is 18.9 Å². The fourth-order valence-electron chi connectivity index (χ4n) is 3.11. The maximum Gasteiger partial charge on any atom is 0.314 e. The normalized spacial score (nSPS) is 14.0. The fourth-order valence-corrected chi connectivity index (χ4v) is 3.11. The Morgan fingerprint density at radius 3 is 2.58 bits per heavy atom. The summed E-state index contributed by atoms with van der Waals surface area (Å²) in [6, 6.07) is 6.46. The monoisotopic (exact) mass is 436 g/mol. The number of hydrogen-bond donors (Lipinski definition) is 4. The Balaban J connectivity index is 2.54. The van der Waals surface area contributed by atoms with Gasteiger partial charge in [0.25, 0.3) is 12.3 Å². The van der Waals surface area contributed by atoms with Crippen LogP contribution in [0.3, 0.4) is 0 Å². The second kappa shape index (κ2) is 10.0. The van der Waals surface area contributed by atoms with Crippen molar-refractivity contribution in [2.45, 2.75) is 19.0 Å². The molecule has 166 valence electrons. The van der Waals surface area contributed by atoms with Gasteiger partial charge in [-0.25, -0.2) is 18.0 Å². The number of carbonyl (C=O) groups is 2. The van der Waals surface area contributed by atoms with Crippen molar-refractivity contribution in [3.63, 3.8) is 0 Å². The number of alkyl halides is 2. The number of benzene rings is 1. The maximum atomic E-state index is 14.8. The average Bonchev–Trinajstić information content (AvgIpc) is 2.73. The number of rotatable bonds is 9. The molecule has 0 radical (unpaired) electrons. The van der Waals surface area contributed by atoms with E-state index in [9.17, 15) is 22.8 Å². The van der Waals surface area contributed by atoms with Crippen LogP contribution >= 0.6 is 0 Å². The number of primary amides is 1. The summed E-state index contributed by atoms with van der Waals surface area (Å²) in [6.07, 6.45) is -0.862. The average molecular weight is 436 g/mol. The molecule has 0 aliphatic rings. The third kappa shape index (κ3) is 5.37. The molecule has 0 aliphatic carbocycles. The zero-order valence-corrected chi connectivity index (χ0v) is 16.9. The van der Waals surface area contributed by atoms with Crippen LogP contribution in [0.25, 0.3) is 0 Å². The fraction of sp³-hybridized carbons (Fsp3) is 0.300. The van der Waals surface area contributed by atoms with Gasteiger partial charge in [0.1, 0.15) is 11.5 Å². The van der Waals surface area contributed by atoms with E-state index in [2.05, 4.69) is 10.3 Å². The number of pyridine rings is 1. The van der Waals surface area contributed by atoms with E-state index >= 15 is 0 Å². The number of halogens is 3. The molecule has 0 bridgehead atoms. The van der Waals surface area contributed by atoms with Gasteiger partial charge in [0, 0.05) is 29.9 Å². The summed E-state index contributed by atoms with van der Waals surface area (Å²) in [6.45, 7) is 1.49. The SMILES string of the molecule is CC(C=N)CN(C)C(NC(N)=O)(c1cc(NC(=O)c2ccccn2)ccc1F)C(F)F. The number of urea groups is 1. The van der Waals surface area contributed by atoms with Crippen molar-refractivity contribution < 1.29 is 22.8 Å². The number of nitrogens with zero attached hydrogens (tertiary/aromatic N) is 2. The Labute approximate surface area is 177 Å². The van der Waals surface area contributed by atoms with E-state index < -0.39 is 41.3 Å². The lowest BCUT2D eigenvalue weighted by atomic mass is 9.95. The lowest BCUT2D eigenvalue weighted by Crippen LogP contribution is -2.63. The molecule has 0 saturated carbocycles. The molecule has 1 aromatic carbocycles. The molecule has 2 atom stereocenters. The van der Waals surface area contributed by atoms with Crippen LogP contribution < -0.4 is 16.4 Å². The molecule has 1 aromatic heterocycles. The predicted octanol–water partition coefficient (Wildman–Crippen LogP) is 2.78. The summed E-state index contributed by atoms with van der Waals surface area (Å²) in [7, 11) is 1.25. The van der Waals surface area contributed by atoms with Gasteiger partial charge < -0.3 is 21.8 Å². The first-order chi connectivity index (χ1) is 14.6. The van der Waals surface area contributed by atoms with Crippen LogP contribution in [0.1, 0.15) is 23.0 Å². The van der Waals surface area contributed by atoms with Crippen LogP contribution in [0.2, 0.25) is 0 Å². The van der Waals surface area contributed by atoms with Gasteiger partial charge in [0.2, 0.25) is 0 Å². The summed E-state index contributed by atoms with van der Waals surface area (Å²) in [5.74, 6) is -2.15. The van der Waals surface area contributed by atoms with Gasteiger partial charge >= 0.3 is 6.03 Å². The first-order valence-electron chi connectivity index (χ1n) is 9.21. The summed E-state index contributed by atoms with van der Waals surface area (Å²) >= 11 is 0. The number of nitrogens with two attached hydrogens (primary N) is 1. The topological polar surface area (TPSA) is 124 Å². The third-order valence-corrected chi connectivity index (χ3v) is 4.61. The molecule has 31 heavy (non-hydrogen) atoms. The number of hydrogen-bond acceptors (Lipinski definition) is 5. The first-order valence-corrected chi connectivity index (χ1v) is 9.21. The molecule has 0 fully saturated rings. The molecule has 5 N–H and O–H groups in total. The highest BCUT2D eigenvalue weighted by Gasteiger charge is 2.49. The maximum absolute atomic E-state index is 14.8. The molecule has 2 unspecified atom stereocenters. The van der Waals surface area contributed by atoms with E-state index in [0.717, 1.165) is 23.2 Å². The number of carbonyl (C=O) groups excluding carboxylic acids is 2. The van der Waals surface area contributed by atoms with Crippen molar-refractivity contribution in [3.05, 3.63) is 59.7 Å². The van der Waals surface area contributed by atoms with E-state index in [1.807, 2.05) is 5.32 Å². The number of anilines is 1. The number of nitrogens with one attached hydrogen (secondary N) is 3. The first kappa shape index (κ1) is 23.8. The number of aromatic nitrogens is 1. The van der Waals surface area contributed by atoms with E-state index in [1.165, 1.54) is 25.4 Å². The minimum atomic E-state index is -3.31. The van der Waals surface area contributed by atoms with Crippen molar-refractivity contribution in [1.82, 2.24) is 15.2 Å². The minimum absolute atomic E-state index is 0.0110. The highest BCUT2D eigenvalue weighted by atomic mass is 19.3. The quantitative estimate of drug-likeness (QED) is 0.356. The Morgan fingerprint density at radius 1 is 1.32 bits per heavy atom. The summed E-state index contributed by atoms with van der Waals surface area (Å²) in [4.78, 5) is 28.9. The lowest BCUT2D eigenvalue weighted by Gasteiger charge is -2.42. The van der Waals surface area contributed by atoms with E-state index in [4.69, 9.17) is 11.1 Å². The Kier molecular flexibility index (Phi) is 7.70. The Morgan fingerprint density at radius 2 is 2.03 bits per heavy atom. The van der Waals surface area contributed by atoms with E-state index in [-0.39, 0.29) is 17.9 Å². The second-order valence-electron chi connectivity index (χ2n) is 6.94. The van der Waals surface area contributed by atoms with Crippen molar-refractivity contribution >= 4 is 23.8 Å². The zero-order valence-electron chi connectivity index (χ0n) is 16.9. The second-order valence-corrected chi connectivity index (χ2v) is 6.94. The third-order valence-electron chi connectivity index (χ3n) is 4.61. The molecule has 8 nitrogen and oxygen atoms in total. The molecule has 11 heteroatoms. The van der Waals surface area contributed by atoms with E-state index in [0.29, 0.717) is 0 Å². The summed E-state index contributed by atoms with van der Waals surface area (Å²) < 4.78 is 43.6. The van der Waals surface area contributed by atoms with Crippen LogP contribution in [0.4, 0.5) is 23.7 Å². The van der Waals surface area contributed by atoms with Crippen LogP contribution in [0.15, 0.2) is 42.6 Å². The van der Waals surface area contributed by atoms with Gasteiger partial charge in [-0.05, 0) is 43.6 Å². The van der Waals surface area contributed by atoms with Gasteiger partial charge in [-0.1, -0.05) is 13.0 Å². The Hall–Kier alpha value is -3.47. The van der Waals surface area contributed by atoms with Crippen molar-refractivity contribution in [2.24, 2.45) is 11.7 Å². The van der Waals surface area contributed by atoms with Gasteiger partial charge in [0.15, 0.2) is 5.66 Å². The van der Waals surface area contributed by atoms with Gasteiger partial charge in [0.05, 0.1) is 0 Å². The van der Waals surface area contributed by atoms with Crippen LogP contribution in [-0.2, 0) is 5.66 Å². The molecule has 0 aliphatic heterocycles. The predicted molar refractivity (Wildman–Crippen MR) is 110 cm³/mol. The smallest absolute Gasteiger partial charge is 0.314 e. The standard InChI is InChI=1S/C20H23F3N6O2/c1-12(10-24)11-29(2)20(18(22)23,28-19(25)31)14-9-13(6-7-15(14)21)27-17(30)16-5-3-4-8-26-16/h3-10,12,18,24H,11H2,1-2H3,(H,27,30)(H3,25,28,31). The largest absolute Gasteiger partial charge is 0.352 e. The summed E-state index contributed by atoms with van der Waals surface area (Å²) in [5.41, 5.74) is 1.99. The molecule has 0 saturated heterocycles. The van der Waals surface area contributed by atoms with Gasteiger partial charge in [-0.3, -0.25) is 14.7 Å². The molecule has 1 heterocycles. The van der Waals surface area contributed by atoms with Crippen LogP contribution in [0.5, 0.6) is 0 Å². The lowest BCUT2D eigenvalue weighted by molar-refractivity contribution is -0.0662. The highest BCUT2D eigenvalue weighted by molar-refractivity contribution is 6.02. The van der Waals surface area contributed by atoms with Crippen molar-refractivity contribution in [3.8, 4) is 0 Å². The van der Waals surface area contributed by atoms with Gasteiger partial charge in [-0.15, -0.1) is 0 Å². The zero-order chi connectivity index (χ0) is 23.2. The Bertz CT molecular complexity index is 944. The minimum Gasteiger partial charge on any atom is -0.352 e. The van der Waals surface area contributed by atoms with E-state index in [1.54, 1.807) is 19.1 Å². The van der Waals surface area contributed by atoms with Gasteiger partial charge in [-0.2, -0.15) is 0 Å². The molecule has 3 amide bonds. The molecule has 2 rings (SSSR count). The molecule has 2 aromatic rings. The van der Waals surface area contributed by atoms with Crippen LogP contribution in [-0.4, -0.2) is 48.1 Å². The van der Waals surface area contributed by atoms with Crippen LogP contribution in [0, 0.1) is 17.1 Å². The number of amides is 3. The summed E-state index contributed by atoms with van der Waals surface area (Å²) in [5, 5.41) is 11.8. The van der Waals surface area contributed by atoms with Crippen molar-refractivity contribution in [1.29, 1.82) is 5.41 Å².